The maximum atomic E-state index is 11.9. The number of hydrogen-bond acceptors (Lipinski definition) is 5. The number of nitrogens with zero attached hydrogens (tertiary/aromatic N) is 1. The zero-order valence-corrected chi connectivity index (χ0v) is 7.51. The Hall–Kier alpha value is -1.70. The molecule has 1 rings (SSSR count). The Kier molecular flexibility index (Phi) is 2.89. The Bertz CT molecular complexity index is 366. The van der Waals surface area contributed by atoms with E-state index < -0.39 is 12.1 Å². The van der Waals surface area contributed by atoms with E-state index >= 15 is 0 Å². The van der Waals surface area contributed by atoms with Crippen LogP contribution in [0.25, 0.3) is 0 Å². The first kappa shape index (κ1) is 11.4. The molecular formula is C7H9F3N4O. The van der Waals surface area contributed by atoms with Gasteiger partial charge < -0.3 is 21.9 Å². The first-order valence-electron chi connectivity index (χ1n) is 3.84. The van der Waals surface area contributed by atoms with Crippen LogP contribution in [-0.4, -0.2) is 11.3 Å². The number of aromatic nitrogens is 1. The first-order valence-corrected chi connectivity index (χ1v) is 3.84. The molecular weight excluding hydrogens is 213 g/mol. The van der Waals surface area contributed by atoms with Gasteiger partial charge in [-0.15, -0.1) is 13.2 Å². The summed E-state index contributed by atoms with van der Waals surface area (Å²) in [6.45, 7) is -0.226. The number of pyridine rings is 1. The van der Waals surface area contributed by atoms with Crippen LogP contribution >= 0.6 is 0 Å². The molecule has 15 heavy (non-hydrogen) atoms. The van der Waals surface area contributed by atoms with E-state index in [9.17, 15) is 13.2 Å². The fourth-order valence-electron chi connectivity index (χ4n) is 0.923. The van der Waals surface area contributed by atoms with Crippen LogP contribution in [0.15, 0.2) is 6.07 Å². The van der Waals surface area contributed by atoms with Gasteiger partial charge in [-0.25, -0.2) is 4.98 Å². The Morgan fingerprint density at radius 3 is 2.40 bits per heavy atom. The molecule has 1 aromatic heterocycles. The second-order valence-corrected chi connectivity index (χ2v) is 2.66. The fraction of sp³-hybridized carbons (Fsp3) is 0.286. The van der Waals surface area contributed by atoms with E-state index in [1.54, 1.807) is 0 Å². The molecule has 1 heterocycles. The van der Waals surface area contributed by atoms with E-state index in [0.717, 1.165) is 6.07 Å². The van der Waals surface area contributed by atoms with Crippen LogP contribution in [0.5, 0.6) is 5.75 Å². The molecule has 0 aliphatic carbocycles. The zero-order chi connectivity index (χ0) is 11.6. The van der Waals surface area contributed by atoms with Crippen molar-refractivity contribution >= 4 is 11.5 Å². The molecule has 0 aliphatic rings. The lowest BCUT2D eigenvalue weighted by Crippen LogP contribution is -2.20. The number of nitrogens with two attached hydrogens (primary N) is 3. The van der Waals surface area contributed by atoms with Crippen LogP contribution in [0.2, 0.25) is 0 Å². The Labute approximate surface area is 83.0 Å². The summed E-state index contributed by atoms with van der Waals surface area (Å²) >= 11 is 0. The molecule has 0 saturated heterocycles. The number of nitrogen functional groups attached to an aromatic ring is 2. The van der Waals surface area contributed by atoms with Crippen LogP contribution in [0.3, 0.4) is 0 Å². The molecule has 0 unspecified atom stereocenters. The summed E-state index contributed by atoms with van der Waals surface area (Å²) in [4.78, 5) is 3.58. The van der Waals surface area contributed by atoms with E-state index in [2.05, 4.69) is 9.72 Å². The zero-order valence-electron chi connectivity index (χ0n) is 7.51. The van der Waals surface area contributed by atoms with Crippen molar-refractivity contribution in [2.24, 2.45) is 5.73 Å². The van der Waals surface area contributed by atoms with Crippen LogP contribution in [-0.2, 0) is 6.54 Å². The molecule has 0 aromatic carbocycles. The van der Waals surface area contributed by atoms with Gasteiger partial charge in [0.1, 0.15) is 5.82 Å². The van der Waals surface area contributed by atoms with Crippen molar-refractivity contribution < 1.29 is 17.9 Å². The van der Waals surface area contributed by atoms with Crippen molar-refractivity contribution in [1.82, 2.24) is 4.98 Å². The first-order chi connectivity index (χ1) is 6.83. The number of alkyl halides is 3. The van der Waals surface area contributed by atoms with Gasteiger partial charge in [0.05, 0.1) is 11.4 Å². The van der Waals surface area contributed by atoms with Crippen molar-refractivity contribution in [3.05, 3.63) is 11.8 Å². The summed E-state index contributed by atoms with van der Waals surface area (Å²) < 4.78 is 39.5. The minimum atomic E-state index is -4.81. The van der Waals surface area contributed by atoms with Crippen LogP contribution in [0.1, 0.15) is 5.69 Å². The van der Waals surface area contributed by atoms with Crippen molar-refractivity contribution in [1.29, 1.82) is 0 Å². The highest BCUT2D eigenvalue weighted by Crippen LogP contribution is 2.28. The molecule has 84 valence electrons. The Balaban J connectivity index is 3.11. The van der Waals surface area contributed by atoms with E-state index in [1.807, 2.05) is 0 Å². The lowest BCUT2D eigenvalue weighted by molar-refractivity contribution is -0.275. The number of ether oxygens (including phenoxy) is 1. The van der Waals surface area contributed by atoms with E-state index in [4.69, 9.17) is 17.2 Å². The molecule has 5 nitrogen and oxygen atoms in total. The fourth-order valence-corrected chi connectivity index (χ4v) is 0.923. The predicted octanol–water partition coefficient (Wildman–Crippen LogP) is 0.603. The maximum absolute atomic E-state index is 11.9. The summed E-state index contributed by atoms with van der Waals surface area (Å²) in [6, 6.07) is 0.942. The Morgan fingerprint density at radius 2 is 1.93 bits per heavy atom. The quantitative estimate of drug-likeness (QED) is 0.680. The minimum Gasteiger partial charge on any atom is -0.404 e. The van der Waals surface area contributed by atoms with E-state index in [1.165, 1.54) is 0 Å². The van der Waals surface area contributed by atoms with Gasteiger partial charge in [-0.3, -0.25) is 0 Å². The summed E-state index contributed by atoms with van der Waals surface area (Å²) in [6.07, 6.45) is -4.81. The average Bonchev–Trinajstić information content (AvgIpc) is 2.08. The number of halogens is 3. The van der Waals surface area contributed by atoms with Gasteiger partial charge in [0.2, 0.25) is 0 Å². The second kappa shape index (κ2) is 3.81. The van der Waals surface area contributed by atoms with Gasteiger partial charge in [-0.05, 0) is 0 Å². The largest absolute Gasteiger partial charge is 0.573 e. The van der Waals surface area contributed by atoms with E-state index in [-0.39, 0.29) is 23.7 Å². The molecule has 1 aromatic rings. The van der Waals surface area contributed by atoms with Gasteiger partial charge >= 0.3 is 6.36 Å². The smallest absolute Gasteiger partial charge is 0.404 e. The third-order valence-electron chi connectivity index (χ3n) is 1.54. The highest BCUT2D eigenvalue weighted by molar-refractivity contribution is 5.61. The van der Waals surface area contributed by atoms with Crippen LogP contribution < -0.4 is 21.9 Å². The van der Waals surface area contributed by atoms with Gasteiger partial charge in [0.15, 0.2) is 5.75 Å². The molecule has 0 fully saturated rings. The lowest BCUT2D eigenvalue weighted by Gasteiger charge is -2.13. The van der Waals surface area contributed by atoms with E-state index in [0.29, 0.717) is 0 Å². The van der Waals surface area contributed by atoms with Crippen molar-refractivity contribution in [3.8, 4) is 5.75 Å². The monoisotopic (exact) mass is 222 g/mol. The predicted molar refractivity (Wildman–Crippen MR) is 47.6 cm³/mol. The van der Waals surface area contributed by atoms with Crippen LogP contribution in [0, 0.1) is 0 Å². The van der Waals surface area contributed by atoms with Crippen molar-refractivity contribution in [2.75, 3.05) is 11.5 Å². The molecule has 0 radical (unpaired) electrons. The van der Waals surface area contributed by atoms with Gasteiger partial charge in [-0.1, -0.05) is 0 Å². The number of anilines is 2. The summed E-state index contributed by atoms with van der Waals surface area (Å²) in [5.74, 6) is -0.610. The SMILES string of the molecule is NCc1nc(N)c(N)cc1OC(F)(F)F. The standard InChI is InChI=1S/C7H9F3N4O/c8-7(9,10)15-5-1-3(12)6(13)14-4(5)2-11/h1H,2,11-12H2,(H2,13,14). The van der Waals surface area contributed by atoms with Crippen molar-refractivity contribution in [2.45, 2.75) is 12.9 Å². The molecule has 8 heteroatoms. The minimum absolute atomic E-state index is 0.0787. The number of rotatable bonds is 2. The average molecular weight is 222 g/mol. The molecule has 6 N–H and O–H groups in total. The molecule has 0 spiro atoms. The molecule has 0 amide bonds. The van der Waals surface area contributed by atoms with Gasteiger partial charge in [-0.2, -0.15) is 0 Å². The second-order valence-electron chi connectivity index (χ2n) is 2.66. The molecule has 0 bridgehead atoms. The molecule has 0 saturated carbocycles. The highest BCUT2D eigenvalue weighted by atomic mass is 19.4. The highest BCUT2D eigenvalue weighted by Gasteiger charge is 2.32. The van der Waals surface area contributed by atoms with Crippen molar-refractivity contribution in [3.63, 3.8) is 0 Å². The lowest BCUT2D eigenvalue weighted by atomic mass is 10.3. The maximum Gasteiger partial charge on any atom is 0.573 e. The summed E-state index contributed by atoms with van der Waals surface area (Å²) in [5, 5.41) is 0. The normalized spacial score (nSPS) is 11.5. The molecule has 0 atom stereocenters. The van der Waals surface area contributed by atoms with Gasteiger partial charge in [0, 0.05) is 12.6 Å². The topological polar surface area (TPSA) is 100 Å². The number of hydrogen-bond donors (Lipinski definition) is 3. The molecule has 0 aliphatic heterocycles. The Morgan fingerprint density at radius 1 is 1.33 bits per heavy atom. The summed E-state index contributed by atoms with van der Waals surface area (Å²) in [5.41, 5.74) is 15.6. The summed E-state index contributed by atoms with van der Waals surface area (Å²) in [7, 11) is 0. The third kappa shape index (κ3) is 2.88. The third-order valence-corrected chi connectivity index (χ3v) is 1.54. The van der Waals surface area contributed by atoms with Crippen LogP contribution in [0.4, 0.5) is 24.7 Å². The van der Waals surface area contributed by atoms with Gasteiger partial charge in [0.25, 0.3) is 0 Å².